The van der Waals surface area contributed by atoms with E-state index in [9.17, 15) is 13.6 Å². The molecule has 2 heterocycles. The third kappa shape index (κ3) is 6.18. The molecule has 2 saturated heterocycles. The summed E-state index contributed by atoms with van der Waals surface area (Å²) in [5.41, 5.74) is 0.712. The van der Waals surface area contributed by atoms with Gasteiger partial charge in [-0.25, -0.2) is 8.78 Å². The van der Waals surface area contributed by atoms with E-state index in [-0.39, 0.29) is 35.9 Å². The number of piperidine rings is 1. The average Bonchev–Trinajstić information content (AvgIpc) is 3.20. The second kappa shape index (κ2) is 11.7. The first-order valence-electron chi connectivity index (χ1n) is 10.3. The standard InChI is InChI=1S/C21H30F2N4O2.HI/c1-3-29-20(28)16-5-4-9-27(14-16)21(24-2)25-12-15-8-10-26(13-15)17-6-7-18(22)19(23)11-17;/h6-7,11,15-16H,3-5,8-10,12-14H2,1-2H3,(H,24,25);1H. The Hall–Kier alpha value is -1.65. The molecule has 0 bridgehead atoms. The highest BCUT2D eigenvalue weighted by Gasteiger charge is 2.29. The molecule has 0 amide bonds. The molecule has 1 aromatic rings. The molecule has 2 aliphatic rings. The maximum atomic E-state index is 13.5. The van der Waals surface area contributed by atoms with Crippen LogP contribution < -0.4 is 10.2 Å². The van der Waals surface area contributed by atoms with Crippen LogP contribution >= 0.6 is 24.0 Å². The van der Waals surface area contributed by atoms with Crippen LogP contribution in [-0.4, -0.2) is 63.2 Å². The highest BCUT2D eigenvalue weighted by atomic mass is 127. The van der Waals surface area contributed by atoms with Crippen LogP contribution in [0.5, 0.6) is 0 Å². The maximum Gasteiger partial charge on any atom is 0.310 e. The Morgan fingerprint density at radius 1 is 1.23 bits per heavy atom. The predicted octanol–water partition coefficient (Wildman–Crippen LogP) is 3.26. The number of aliphatic imine (C=N–C) groups is 1. The van der Waals surface area contributed by atoms with Gasteiger partial charge in [-0.2, -0.15) is 0 Å². The number of ether oxygens (including phenoxy) is 1. The van der Waals surface area contributed by atoms with Crippen LogP contribution in [0.2, 0.25) is 0 Å². The number of anilines is 1. The largest absolute Gasteiger partial charge is 0.466 e. The zero-order valence-corrected chi connectivity index (χ0v) is 19.9. The lowest BCUT2D eigenvalue weighted by molar-refractivity contribution is -0.149. The van der Waals surface area contributed by atoms with Crippen molar-refractivity contribution < 1.29 is 18.3 Å². The topological polar surface area (TPSA) is 57.2 Å². The summed E-state index contributed by atoms with van der Waals surface area (Å²) in [6, 6.07) is 4.05. The van der Waals surface area contributed by atoms with Gasteiger partial charge in [-0.1, -0.05) is 0 Å². The van der Waals surface area contributed by atoms with E-state index in [1.807, 2.05) is 6.92 Å². The van der Waals surface area contributed by atoms with Crippen molar-refractivity contribution in [1.82, 2.24) is 10.2 Å². The van der Waals surface area contributed by atoms with Crippen LogP contribution in [0.1, 0.15) is 26.2 Å². The molecule has 0 aliphatic carbocycles. The third-order valence-electron chi connectivity index (χ3n) is 5.66. The molecule has 1 N–H and O–H groups in total. The molecule has 9 heteroatoms. The van der Waals surface area contributed by atoms with Gasteiger partial charge in [0, 0.05) is 51.5 Å². The number of carbonyl (C=O) groups is 1. The summed E-state index contributed by atoms with van der Waals surface area (Å²) in [6.07, 6.45) is 2.74. The van der Waals surface area contributed by atoms with Crippen LogP contribution in [0, 0.1) is 23.5 Å². The van der Waals surface area contributed by atoms with Gasteiger partial charge in [0.05, 0.1) is 12.5 Å². The number of halogens is 3. The normalized spacial score (nSPS) is 21.9. The van der Waals surface area contributed by atoms with E-state index < -0.39 is 11.6 Å². The molecular formula is C21H31F2IN4O2. The molecule has 0 spiro atoms. The minimum absolute atomic E-state index is 0. The predicted molar refractivity (Wildman–Crippen MR) is 124 cm³/mol. The Labute approximate surface area is 194 Å². The monoisotopic (exact) mass is 536 g/mol. The van der Waals surface area contributed by atoms with Crippen molar-refractivity contribution in [2.24, 2.45) is 16.8 Å². The number of nitrogens with zero attached hydrogens (tertiary/aromatic N) is 3. The van der Waals surface area contributed by atoms with Crippen molar-refractivity contribution >= 4 is 41.6 Å². The molecule has 168 valence electrons. The second-order valence-corrected chi connectivity index (χ2v) is 7.66. The highest BCUT2D eigenvalue weighted by Crippen LogP contribution is 2.25. The summed E-state index contributed by atoms with van der Waals surface area (Å²) in [7, 11) is 1.75. The summed E-state index contributed by atoms with van der Waals surface area (Å²) >= 11 is 0. The first kappa shape index (κ1) is 24.6. The molecule has 0 aromatic heterocycles. The van der Waals surface area contributed by atoms with Crippen LogP contribution in [-0.2, 0) is 9.53 Å². The smallest absolute Gasteiger partial charge is 0.310 e. The van der Waals surface area contributed by atoms with E-state index in [1.54, 1.807) is 13.1 Å². The van der Waals surface area contributed by atoms with Crippen LogP contribution in [0.4, 0.5) is 14.5 Å². The van der Waals surface area contributed by atoms with E-state index in [2.05, 4.69) is 20.1 Å². The lowest BCUT2D eigenvalue weighted by Gasteiger charge is -2.34. The number of hydrogen-bond acceptors (Lipinski definition) is 4. The van der Waals surface area contributed by atoms with Gasteiger partial charge in [0.25, 0.3) is 0 Å². The number of rotatable bonds is 5. The fourth-order valence-electron chi connectivity index (χ4n) is 4.11. The zero-order valence-electron chi connectivity index (χ0n) is 17.6. The fraction of sp³-hybridized carbons (Fsp3) is 0.619. The second-order valence-electron chi connectivity index (χ2n) is 7.66. The van der Waals surface area contributed by atoms with Crippen molar-refractivity contribution in [1.29, 1.82) is 0 Å². The number of benzene rings is 1. The quantitative estimate of drug-likeness (QED) is 0.271. The molecule has 1 aromatic carbocycles. The number of hydrogen-bond donors (Lipinski definition) is 1. The van der Waals surface area contributed by atoms with E-state index in [0.717, 1.165) is 51.4 Å². The number of carbonyl (C=O) groups excluding carboxylic acids is 1. The summed E-state index contributed by atoms with van der Waals surface area (Å²) in [4.78, 5) is 20.7. The van der Waals surface area contributed by atoms with Gasteiger partial charge in [0.2, 0.25) is 0 Å². The summed E-state index contributed by atoms with van der Waals surface area (Å²) in [6.45, 7) is 6.03. The van der Waals surface area contributed by atoms with Gasteiger partial charge >= 0.3 is 5.97 Å². The molecule has 30 heavy (non-hydrogen) atoms. The van der Waals surface area contributed by atoms with Gasteiger partial charge in [-0.3, -0.25) is 9.79 Å². The molecule has 0 saturated carbocycles. The first-order chi connectivity index (χ1) is 14.0. The molecule has 3 rings (SSSR count). The minimum Gasteiger partial charge on any atom is -0.466 e. The number of nitrogens with one attached hydrogen (secondary N) is 1. The lowest BCUT2D eigenvalue weighted by atomic mass is 9.98. The molecule has 0 radical (unpaired) electrons. The van der Waals surface area contributed by atoms with Crippen molar-refractivity contribution in [3.63, 3.8) is 0 Å². The molecule has 2 unspecified atom stereocenters. The average molecular weight is 536 g/mol. The van der Waals surface area contributed by atoms with Gasteiger partial charge in [-0.05, 0) is 44.2 Å². The highest BCUT2D eigenvalue weighted by molar-refractivity contribution is 14.0. The molecular weight excluding hydrogens is 505 g/mol. The first-order valence-corrected chi connectivity index (χ1v) is 10.3. The Bertz CT molecular complexity index is 750. The van der Waals surface area contributed by atoms with Crippen molar-refractivity contribution in [3.05, 3.63) is 29.8 Å². The van der Waals surface area contributed by atoms with E-state index in [0.29, 0.717) is 24.8 Å². The number of esters is 1. The Morgan fingerprint density at radius 3 is 2.73 bits per heavy atom. The van der Waals surface area contributed by atoms with E-state index in [1.165, 1.54) is 12.1 Å². The Balaban J connectivity index is 0.00000320. The zero-order chi connectivity index (χ0) is 20.8. The van der Waals surface area contributed by atoms with Crippen molar-refractivity contribution in [3.8, 4) is 0 Å². The summed E-state index contributed by atoms with van der Waals surface area (Å²) in [5.74, 6) is -0.706. The third-order valence-corrected chi connectivity index (χ3v) is 5.66. The van der Waals surface area contributed by atoms with E-state index >= 15 is 0 Å². The van der Waals surface area contributed by atoms with Crippen LogP contribution in [0.25, 0.3) is 0 Å². The Morgan fingerprint density at radius 2 is 2.03 bits per heavy atom. The van der Waals surface area contributed by atoms with Crippen molar-refractivity contribution in [2.45, 2.75) is 26.2 Å². The maximum absolute atomic E-state index is 13.5. The molecule has 6 nitrogen and oxygen atoms in total. The molecule has 2 aliphatic heterocycles. The van der Waals surface area contributed by atoms with Crippen LogP contribution in [0.3, 0.4) is 0 Å². The SMILES string of the molecule is CCOC(=O)C1CCCN(C(=NC)NCC2CCN(c3ccc(F)c(F)c3)C2)C1.I. The summed E-state index contributed by atoms with van der Waals surface area (Å²) in [5, 5.41) is 3.43. The van der Waals surface area contributed by atoms with Crippen molar-refractivity contribution in [2.75, 3.05) is 51.3 Å². The molecule has 2 atom stereocenters. The number of guanidine groups is 1. The number of likely N-dealkylation sites (tertiary alicyclic amines) is 1. The van der Waals surface area contributed by atoms with Gasteiger partial charge in [0.1, 0.15) is 0 Å². The fourth-order valence-corrected chi connectivity index (χ4v) is 4.11. The van der Waals surface area contributed by atoms with E-state index in [4.69, 9.17) is 4.74 Å². The lowest BCUT2D eigenvalue weighted by Crippen LogP contribution is -2.49. The van der Waals surface area contributed by atoms with Crippen LogP contribution in [0.15, 0.2) is 23.2 Å². The Kier molecular flexibility index (Phi) is 9.57. The molecule has 2 fully saturated rings. The summed E-state index contributed by atoms with van der Waals surface area (Å²) < 4.78 is 31.8. The minimum atomic E-state index is -0.822. The van der Waals surface area contributed by atoms with Gasteiger partial charge in [0.15, 0.2) is 17.6 Å². The van der Waals surface area contributed by atoms with Gasteiger partial charge < -0.3 is 19.9 Å². The van der Waals surface area contributed by atoms with Gasteiger partial charge in [-0.15, -0.1) is 24.0 Å².